The van der Waals surface area contributed by atoms with E-state index in [2.05, 4.69) is 34.6 Å². The molecule has 0 heterocycles. The molecule has 7 N–H and O–H groups in total. The summed E-state index contributed by atoms with van der Waals surface area (Å²) in [5, 5.41) is 76.1. The smallest absolute Gasteiger partial charge is 0.0861 e. The van der Waals surface area contributed by atoms with Crippen LogP contribution in [0.4, 0.5) is 0 Å². The van der Waals surface area contributed by atoms with E-state index in [0.29, 0.717) is 38.0 Å². The fraction of sp³-hybridized carbons (Fsp3) is 1.00. The highest BCUT2D eigenvalue weighted by Gasteiger charge is 2.68. The van der Waals surface area contributed by atoms with Gasteiger partial charge in [-0.05, 0) is 97.2 Å². The average Bonchev–Trinajstić information content (AvgIpc) is 3.09. The minimum atomic E-state index is -1.15. The third-order valence-corrected chi connectivity index (χ3v) is 12.1. The van der Waals surface area contributed by atoms with Gasteiger partial charge in [0.1, 0.15) is 0 Å². The van der Waals surface area contributed by atoms with E-state index in [1.807, 2.05) is 0 Å². The van der Waals surface area contributed by atoms with E-state index in [4.69, 9.17) is 0 Å². The zero-order valence-electron chi connectivity index (χ0n) is 22.9. The fourth-order valence-electron chi connectivity index (χ4n) is 9.93. The number of hydrogen-bond donors (Lipinski definition) is 7. The highest BCUT2D eigenvalue weighted by atomic mass is 16.3. The summed E-state index contributed by atoms with van der Waals surface area (Å²) in [6.45, 7) is 10.8. The molecule has 0 aromatic rings. The molecule has 2 unspecified atom stereocenters. The second-order valence-corrected chi connectivity index (χ2v) is 14.0. The molecule has 0 radical (unpaired) electrons. The lowest BCUT2D eigenvalue weighted by molar-refractivity contribution is -0.256. The van der Waals surface area contributed by atoms with E-state index in [-0.39, 0.29) is 47.5 Å². The van der Waals surface area contributed by atoms with Crippen LogP contribution < -0.4 is 0 Å². The van der Waals surface area contributed by atoms with Gasteiger partial charge in [-0.25, -0.2) is 0 Å². The van der Waals surface area contributed by atoms with Crippen molar-refractivity contribution in [2.24, 2.45) is 58.2 Å². The molecule has 4 aliphatic carbocycles. The molecule has 0 aliphatic heterocycles. The van der Waals surface area contributed by atoms with Crippen molar-refractivity contribution >= 4 is 0 Å². The predicted octanol–water partition coefficient (Wildman–Crippen LogP) is 1.93. The van der Waals surface area contributed by atoms with E-state index in [1.54, 1.807) is 0 Å². The Morgan fingerprint density at radius 2 is 1.44 bits per heavy atom. The molecule has 0 bridgehead atoms. The standard InChI is InChI=1S/C29H52O7/c1-14(2)16(8-11-30)12-20(32)15(3)18-13-21(33)23-22-17(6-9-29(18,23)5)28(4)10-7-19(31)25(34)24(28)27(36)26(22)35/h14-27,30-36H,6-13H2,1-5H3/t15-,16+,17-,18+,19+,20?,21?,22+,23-,24+,25-,26+,27+,28+,29+/m0/s1. The van der Waals surface area contributed by atoms with Crippen LogP contribution in [0.25, 0.3) is 0 Å². The van der Waals surface area contributed by atoms with Crippen LogP contribution in [-0.2, 0) is 0 Å². The molecule has 0 spiro atoms. The Kier molecular flexibility index (Phi) is 8.27. The van der Waals surface area contributed by atoms with Crippen LogP contribution in [0.5, 0.6) is 0 Å². The van der Waals surface area contributed by atoms with Gasteiger partial charge in [0, 0.05) is 12.5 Å². The summed E-state index contributed by atoms with van der Waals surface area (Å²) >= 11 is 0. The topological polar surface area (TPSA) is 142 Å². The number of aliphatic hydroxyl groups excluding tert-OH is 7. The summed E-state index contributed by atoms with van der Waals surface area (Å²) in [6.07, 6.45) is -0.608. The van der Waals surface area contributed by atoms with Gasteiger partial charge in [0.2, 0.25) is 0 Å². The van der Waals surface area contributed by atoms with E-state index in [0.717, 1.165) is 12.8 Å². The second kappa shape index (κ2) is 10.4. The highest BCUT2D eigenvalue weighted by Crippen LogP contribution is 2.68. The Hall–Kier alpha value is -0.280. The average molecular weight is 513 g/mol. The van der Waals surface area contributed by atoms with E-state index in [9.17, 15) is 35.7 Å². The van der Waals surface area contributed by atoms with Crippen molar-refractivity contribution in [3.8, 4) is 0 Å². The Morgan fingerprint density at radius 3 is 2.06 bits per heavy atom. The SMILES string of the molecule is CC(C)[C@H](CCO)CC(O)[C@@H](C)[C@H]1CC(O)[C@H]2[C@@H]3[C@@H](O)[C@H](O)[C@H]4[C@@H](O)[C@H](O)CC[C@]4(C)[C@H]3CC[C@]12C. The van der Waals surface area contributed by atoms with Crippen LogP contribution >= 0.6 is 0 Å². The summed E-state index contributed by atoms with van der Waals surface area (Å²) in [5.74, 6) is -0.371. The van der Waals surface area contributed by atoms with Crippen LogP contribution in [-0.4, -0.2) is 79.0 Å². The summed E-state index contributed by atoms with van der Waals surface area (Å²) in [5.41, 5.74) is -0.691. The fourth-order valence-corrected chi connectivity index (χ4v) is 9.93. The van der Waals surface area contributed by atoms with Crippen molar-refractivity contribution in [2.75, 3.05) is 6.61 Å². The molecule has 0 saturated heterocycles. The van der Waals surface area contributed by atoms with Gasteiger partial charge in [-0.3, -0.25) is 0 Å². The van der Waals surface area contributed by atoms with Crippen LogP contribution in [0.15, 0.2) is 0 Å². The highest BCUT2D eigenvalue weighted by molar-refractivity contribution is 5.17. The van der Waals surface area contributed by atoms with Crippen molar-refractivity contribution in [1.82, 2.24) is 0 Å². The molecular formula is C29H52O7. The number of rotatable bonds is 7. The third kappa shape index (κ3) is 4.39. The molecule has 0 aromatic heterocycles. The van der Waals surface area contributed by atoms with Gasteiger partial charge in [-0.15, -0.1) is 0 Å². The van der Waals surface area contributed by atoms with E-state index < -0.39 is 48.0 Å². The first kappa shape index (κ1) is 28.7. The number of aliphatic hydroxyl groups is 7. The van der Waals surface area contributed by atoms with Crippen molar-refractivity contribution in [1.29, 1.82) is 0 Å². The van der Waals surface area contributed by atoms with Gasteiger partial charge in [-0.2, -0.15) is 0 Å². The van der Waals surface area contributed by atoms with Gasteiger partial charge < -0.3 is 35.7 Å². The minimum absolute atomic E-state index is 0.0354. The van der Waals surface area contributed by atoms with Crippen molar-refractivity contribution in [3.63, 3.8) is 0 Å². The summed E-state index contributed by atoms with van der Waals surface area (Å²) in [7, 11) is 0. The van der Waals surface area contributed by atoms with Crippen molar-refractivity contribution in [3.05, 3.63) is 0 Å². The molecule has 7 heteroatoms. The molecule has 0 amide bonds. The minimum Gasteiger partial charge on any atom is -0.396 e. The first-order chi connectivity index (χ1) is 16.8. The molecule has 4 rings (SSSR count). The molecule has 4 aliphatic rings. The van der Waals surface area contributed by atoms with Crippen LogP contribution in [0.2, 0.25) is 0 Å². The molecule has 4 saturated carbocycles. The van der Waals surface area contributed by atoms with Crippen LogP contribution in [0.3, 0.4) is 0 Å². The zero-order valence-corrected chi connectivity index (χ0v) is 22.9. The predicted molar refractivity (Wildman–Crippen MR) is 137 cm³/mol. The van der Waals surface area contributed by atoms with Crippen molar-refractivity contribution < 1.29 is 35.7 Å². The maximum Gasteiger partial charge on any atom is 0.0861 e. The van der Waals surface area contributed by atoms with E-state index >= 15 is 0 Å². The molecule has 36 heavy (non-hydrogen) atoms. The first-order valence-electron chi connectivity index (χ1n) is 14.5. The lowest BCUT2D eigenvalue weighted by atomic mass is 9.42. The summed E-state index contributed by atoms with van der Waals surface area (Å²) in [6, 6.07) is 0. The zero-order chi connectivity index (χ0) is 26.7. The van der Waals surface area contributed by atoms with Gasteiger partial charge in [0.05, 0.1) is 36.6 Å². The van der Waals surface area contributed by atoms with Gasteiger partial charge in [0.15, 0.2) is 0 Å². The third-order valence-electron chi connectivity index (χ3n) is 12.1. The molecule has 210 valence electrons. The van der Waals surface area contributed by atoms with Crippen LogP contribution in [0, 0.1) is 58.2 Å². The Bertz CT molecular complexity index is 762. The van der Waals surface area contributed by atoms with Crippen molar-refractivity contribution in [2.45, 2.75) is 116 Å². The van der Waals surface area contributed by atoms with Gasteiger partial charge in [-0.1, -0.05) is 34.6 Å². The monoisotopic (exact) mass is 512 g/mol. The first-order valence-corrected chi connectivity index (χ1v) is 14.5. The van der Waals surface area contributed by atoms with Gasteiger partial charge >= 0.3 is 0 Å². The molecule has 15 atom stereocenters. The summed E-state index contributed by atoms with van der Waals surface area (Å²) < 4.78 is 0. The quantitative estimate of drug-likeness (QED) is 0.276. The van der Waals surface area contributed by atoms with E-state index in [1.165, 1.54) is 0 Å². The molecular weight excluding hydrogens is 460 g/mol. The Labute approximate surface area is 216 Å². The lowest BCUT2D eigenvalue weighted by Crippen LogP contribution is -2.68. The maximum atomic E-state index is 11.5. The number of fused-ring (bicyclic) bond motifs is 5. The lowest BCUT2D eigenvalue weighted by Gasteiger charge is -2.64. The van der Waals surface area contributed by atoms with Gasteiger partial charge in [0.25, 0.3) is 0 Å². The molecule has 7 nitrogen and oxygen atoms in total. The molecule has 4 fully saturated rings. The number of hydrogen-bond acceptors (Lipinski definition) is 7. The Morgan fingerprint density at radius 1 is 0.806 bits per heavy atom. The largest absolute Gasteiger partial charge is 0.396 e. The second-order valence-electron chi connectivity index (χ2n) is 14.0. The molecule has 0 aromatic carbocycles. The Balaban J connectivity index is 1.60. The van der Waals surface area contributed by atoms with Crippen LogP contribution in [0.1, 0.15) is 79.6 Å². The normalized spacial score (nSPS) is 51.2. The maximum absolute atomic E-state index is 11.5. The summed E-state index contributed by atoms with van der Waals surface area (Å²) in [4.78, 5) is 0.